The molecule has 0 fully saturated rings. The van der Waals surface area contributed by atoms with Crippen molar-refractivity contribution in [2.45, 2.75) is 24.7 Å². The Balaban J connectivity index is 2.11. The third-order valence-electron chi connectivity index (χ3n) is 3.37. The SMILES string of the molecule is CCCCSc1ccc2[nH]c3cc(C(=O)O)nn3c(=O)c2c1. The molecule has 0 aliphatic carbocycles. The average Bonchev–Trinajstić information content (AvgIpc) is 2.93. The molecule has 114 valence electrons. The number of nitrogens with zero attached hydrogens (tertiary/aromatic N) is 2. The molecule has 7 heteroatoms. The summed E-state index contributed by atoms with van der Waals surface area (Å²) in [5, 5.41) is 13.3. The highest BCUT2D eigenvalue weighted by Gasteiger charge is 2.13. The van der Waals surface area contributed by atoms with E-state index in [1.165, 1.54) is 6.07 Å². The Bertz CT molecular complexity index is 913. The highest BCUT2D eigenvalue weighted by Crippen LogP contribution is 2.22. The molecule has 0 amide bonds. The van der Waals surface area contributed by atoms with E-state index in [2.05, 4.69) is 17.0 Å². The molecule has 0 radical (unpaired) electrons. The number of hydrogen-bond acceptors (Lipinski definition) is 4. The molecule has 6 nitrogen and oxygen atoms in total. The van der Waals surface area contributed by atoms with Gasteiger partial charge >= 0.3 is 5.97 Å². The monoisotopic (exact) mass is 317 g/mol. The van der Waals surface area contributed by atoms with Gasteiger partial charge in [-0.05, 0) is 30.4 Å². The van der Waals surface area contributed by atoms with E-state index in [0.29, 0.717) is 16.6 Å². The number of aromatic amines is 1. The first-order chi connectivity index (χ1) is 10.6. The normalized spacial score (nSPS) is 11.3. The van der Waals surface area contributed by atoms with Crippen LogP contribution in [-0.2, 0) is 0 Å². The molecule has 0 aliphatic heterocycles. The van der Waals surface area contributed by atoms with Gasteiger partial charge in [0, 0.05) is 11.0 Å². The number of carbonyl (C=O) groups is 1. The minimum atomic E-state index is -1.16. The van der Waals surface area contributed by atoms with Gasteiger partial charge in [-0.25, -0.2) is 4.79 Å². The van der Waals surface area contributed by atoms with Crippen molar-refractivity contribution in [1.29, 1.82) is 0 Å². The summed E-state index contributed by atoms with van der Waals surface area (Å²) < 4.78 is 1.10. The fourth-order valence-corrected chi connectivity index (χ4v) is 3.25. The molecule has 1 aromatic carbocycles. The number of benzene rings is 1. The van der Waals surface area contributed by atoms with Gasteiger partial charge in [0.2, 0.25) is 0 Å². The van der Waals surface area contributed by atoms with E-state index in [0.717, 1.165) is 28.0 Å². The first-order valence-corrected chi connectivity index (χ1v) is 8.00. The standard InChI is InChI=1S/C15H15N3O3S/c1-2-3-6-22-9-4-5-11-10(7-9)14(19)18-13(16-11)8-12(17-18)15(20)21/h4-5,7-8,16H,2-3,6H2,1H3,(H,20,21). The van der Waals surface area contributed by atoms with Gasteiger partial charge in [0.25, 0.3) is 5.56 Å². The van der Waals surface area contributed by atoms with Gasteiger partial charge in [-0.15, -0.1) is 11.8 Å². The van der Waals surface area contributed by atoms with Crippen LogP contribution in [0.25, 0.3) is 16.6 Å². The van der Waals surface area contributed by atoms with E-state index in [4.69, 9.17) is 5.11 Å². The van der Waals surface area contributed by atoms with Crippen molar-refractivity contribution in [2.75, 3.05) is 5.75 Å². The third kappa shape index (κ3) is 2.59. The lowest BCUT2D eigenvalue weighted by molar-refractivity contribution is 0.0690. The summed E-state index contributed by atoms with van der Waals surface area (Å²) in [5.41, 5.74) is 0.589. The Morgan fingerprint density at radius 3 is 2.95 bits per heavy atom. The number of fused-ring (bicyclic) bond motifs is 2. The van der Waals surface area contributed by atoms with Crippen LogP contribution in [0.5, 0.6) is 0 Å². The lowest BCUT2D eigenvalue weighted by Crippen LogP contribution is -2.15. The fourth-order valence-electron chi connectivity index (χ4n) is 2.21. The zero-order chi connectivity index (χ0) is 15.7. The van der Waals surface area contributed by atoms with Gasteiger partial charge in [0.05, 0.1) is 10.9 Å². The highest BCUT2D eigenvalue weighted by atomic mass is 32.2. The summed E-state index contributed by atoms with van der Waals surface area (Å²) in [4.78, 5) is 27.5. The average molecular weight is 317 g/mol. The number of nitrogens with one attached hydrogen (secondary N) is 1. The molecule has 0 saturated carbocycles. The molecule has 0 bridgehead atoms. The molecular formula is C15H15N3O3S. The third-order valence-corrected chi connectivity index (χ3v) is 4.45. The molecule has 0 saturated heterocycles. The molecule has 0 unspecified atom stereocenters. The second-order valence-electron chi connectivity index (χ2n) is 4.97. The molecule has 3 rings (SSSR count). The minimum Gasteiger partial charge on any atom is -0.476 e. The highest BCUT2D eigenvalue weighted by molar-refractivity contribution is 7.99. The van der Waals surface area contributed by atoms with E-state index in [9.17, 15) is 9.59 Å². The molecule has 3 aromatic rings. The quantitative estimate of drug-likeness (QED) is 0.558. The first kappa shape index (κ1) is 14.6. The van der Waals surface area contributed by atoms with Crippen LogP contribution < -0.4 is 5.56 Å². The molecule has 2 heterocycles. The van der Waals surface area contributed by atoms with Crippen LogP contribution in [0.1, 0.15) is 30.3 Å². The number of aromatic nitrogens is 3. The van der Waals surface area contributed by atoms with E-state index < -0.39 is 5.97 Å². The number of carboxylic acids is 1. The number of hydrogen-bond donors (Lipinski definition) is 2. The Hall–Kier alpha value is -2.28. The summed E-state index contributed by atoms with van der Waals surface area (Å²) >= 11 is 1.71. The van der Waals surface area contributed by atoms with Gasteiger partial charge in [-0.2, -0.15) is 9.61 Å². The summed E-state index contributed by atoms with van der Waals surface area (Å²) in [6, 6.07) is 6.99. The van der Waals surface area contributed by atoms with Crippen LogP contribution in [-0.4, -0.2) is 31.4 Å². The zero-order valence-electron chi connectivity index (χ0n) is 12.0. The van der Waals surface area contributed by atoms with Crippen molar-refractivity contribution in [3.05, 3.63) is 40.3 Å². The number of carboxylic acid groups (broad SMARTS) is 1. The van der Waals surface area contributed by atoms with Gasteiger partial charge in [0.1, 0.15) is 5.65 Å². The number of aromatic carboxylic acids is 1. The number of rotatable bonds is 5. The van der Waals surface area contributed by atoms with Crippen LogP contribution >= 0.6 is 11.8 Å². The molecule has 0 spiro atoms. The van der Waals surface area contributed by atoms with Gasteiger partial charge in [-0.3, -0.25) is 4.79 Å². The van der Waals surface area contributed by atoms with Crippen molar-refractivity contribution in [1.82, 2.24) is 14.6 Å². The maximum atomic E-state index is 12.5. The Kier molecular flexibility index (Phi) is 3.89. The number of H-pyrrole nitrogens is 1. The lowest BCUT2D eigenvalue weighted by atomic mass is 10.2. The summed E-state index contributed by atoms with van der Waals surface area (Å²) in [6.45, 7) is 2.14. The number of thioether (sulfide) groups is 1. The summed E-state index contributed by atoms with van der Waals surface area (Å²) in [5.74, 6) is -0.149. The minimum absolute atomic E-state index is 0.152. The van der Waals surface area contributed by atoms with Crippen LogP contribution in [0.15, 0.2) is 34.0 Å². The Labute approximate surface area is 130 Å². The molecule has 2 N–H and O–H groups in total. The maximum Gasteiger partial charge on any atom is 0.356 e. The van der Waals surface area contributed by atoms with Crippen LogP contribution in [0.2, 0.25) is 0 Å². The van der Waals surface area contributed by atoms with Gasteiger partial charge in [-0.1, -0.05) is 13.3 Å². The van der Waals surface area contributed by atoms with E-state index >= 15 is 0 Å². The van der Waals surface area contributed by atoms with Crippen molar-refractivity contribution in [2.24, 2.45) is 0 Å². The van der Waals surface area contributed by atoms with E-state index in [1.54, 1.807) is 11.8 Å². The van der Waals surface area contributed by atoms with Gasteiger partial charge < -0.3 is 10.1 Å². The largest absolute Gasteiger partial charge is 0.476 e. The second-order valence-corrected chi connectivity index (χ2v) is 6.14. The predicted molar refractivity (Wildman–Crippen MR) is 85.9 cm³/mol. The summed E-state index contributed by atoms with van der Waals surface area (Å²) in [7, 11) is 0. The molecule has 0 atom stereocenters. The Morgan fingerprint density at radius 2 is 2.23 bits per heavy atom. The van der Waals surface area contributed by atoms with Crippen molar-refractivity contribution >= 4 is 34.3 Å². The molecule has 2 aromatic heterocycles. The second kappa shape index (κ2) is 5.84. The van der Waals surface area contributed by atoms with Crippen LogP contribution in [0.3, 0.4) is 0 Å². The molecular weight excluding hydrogens is 302 g/mol. The fraction of sp³-hybridized carbons (Fsp3) is 0.267. The smallest absolute Gasteiger partial charge is 0.356 e. The van der Waals surface area contributed by atoms with Crippen molar-refractivity contribution < 1.29 is 9.90 Å². The molecule has 22 heavy (non-hydrogen) atoms. The van der Waals surface area contributed by atoms with Crippen LogP contribution in [0.4, 0.5) is 0 Å². The van der Waals surface area contributed by atoms with E-state index in [-0.39, 0.29) is 11.3 Å². The Morgan fingerprint density at radius 1 is 1.41 bits per heavy atom. The van der Waals surface area contributed by atoms with Gasteiger partial charge in [0.15, 0.2) is 5.69 Å². The first-order valence-electron chi connectivity index (χ1n) is 7.02. The predicted octanol–water partition coefficient (Wildman–Crippen LogP) is 2.77. The number of unbranched alkanes of at least 4 members (excludes halogenated alkanes) is 1. The van der Waals surface area contributed by atoms with Crippen molar-refractivity contribution in [3.8, 4) is 0 Å². The lowest BCUT2D eigenvalue weighted by Gasteiger charge is -2.04. The van der Waals surface area contributed by atoms with Crippen LogP contribution in [0, 0.1) is 0 Å². The maximum absolute atomic E-state index is 12.5. The topological polar surface area (TPSA) is 87.5 Å². The summed E-state index contributed by atoms with van der Waals surface area (Å²) in [6.07, 6.45) is 2.26. The zero-order valence-corrected chi connectivity index (χ0v) is 12.8. The molecule has 0 aliphatic rings. The van der Waals surface area contributed by atoms with E-state index in [1.807, 2.05) is 18.2 Å². The van der Waals surface area contributed by atoms with Crippen molar-refractivity contribution in [3.63, 3.8) is 0 Å².